The van der Waals surface area contributed by atoms with Gasteiger partial charge in [0.25, 0.3) is 5.91 Å². The van der Waals surface area contributed by atoms with E-state index in [1.54, 1.807) is 30.3 Å². The number of rotatable bonds is 10. The van der Waals surface area contributed by atoms with E-state index in [1.807, 2.05) is 37.3 Å². The molecule has 0 unspecified atom stereocenters. The van der Waals surface area contributed by atoms with Gasteiger partial charge in [-0.15, -0.1) is 0 Å². The summed E-state index contributed by atoms with van der Waals surface area (Å²) in [6.45, 7) is 1.51. The molecule has 0 aromatic heterocycles. The number of carbonyl (C=O) groups excluding carboxylic acids is 1. The minimum Gasteiger partial charge on any atom is -0.478 e. The van der Waals surface area contributed by atoms with Gasteiger partial charge in [0, 0.05) is 12.1 Å². The number of hydrogen-bond acceptors (Lipinski definition) is 5. The SMILES string of the molecule is Cc1ccc(S(=O)(=O)N(CCc2ccccc2)CC(=O)N/N=C\c2ccccc2C(=O)O)cc1. The van der Waals surface area contributed by atoms with E-state index >= 15 is 0 Å². The fourth-order valence-corrected chi connectivity index (χ4v) is 4.61. The molecule has 0 spiro atoms. The van der Waals surface area contributed by atoms with Crippen LogP contribution in [0.3, 0.4) is 0 Å². The molecular formula is C25H25N3O5S. The van der Waals surface area contributed by atoms with Crippen LogP contribution in [0.4, 0.5) is 0 Å². The van der Waals surface area contributed by atoms with Gasteiger partial charge in [0.1, 0.15) is 0 Å². The molecule has 0 fully saturated rings. The Kier molecular flexibility index (Phi) is 8.29. The Balaban J connectivity index is 1.75. The van der Waals surface area contributed by atoms with Gasteiger partial charge in [-0.3, -0.25) is 4.79 Å². The fourth-order valence-electron chi connectivity index (χ4n) is 3.22. The Morgan fingerprint density at radius 2 is 1.62 bits per heavy atom. The molecule has 0 saturated heterocycles. The highest BCUT2D eigenvalue weighted by Gasteiger charge is 2.26. The van der Waals surface area contributed by atoms with E-state index < -0.39 is 28.4 Å². The molecule has 3 rings (SSSR count). The second-order valence-corrected chi connectivity index (χ2v) is 9.51. The summed E-state index contributed by atoms with van der Waals surface area (Å²) >= 11 is 0. The van der Waals surface area contributed by atoms with Crippen molar-refractivity contribution in [1.29, 1.82) is 0 Å². The number of carboxylic acid groups (broad SMARTS) is 1. The van der Waals surface area contributed by atoms with Crippen LogP contribution in [0, 0.1) is 6.92 Å². The Morgan fingerprint density at radius 1 is 0.971 bits per heavy atom. The Labute approximate surface area is 198 Å². The van der Waals surface area contributed by atoms with Crippen molar-refractivity contribution >= 4 is 28.1 Å². The van der Waals surface area contributed by atoms with Gasteiger partial charge in [0.15, 0.2) is 0 Å². The van der Waals surface area contributed by atoms with Crippen LogP contribution in [0.5, 0.6) is 0 Å². The van der Waals surface area contributed by atoms with E-state index in [2.05, 4.69) is 10.5 Å². The first-order chi connectivity index (χ1) is 16.3. The lowest BCUT2D eigenvalue weighted by Crippen LogP contribution is -2.40. The first-order valence-corrected chi connectivity index (χ1v) is 12.0. The minimum atomic E-state index is -3.94. The number of hydrazone groups is 1. The van der Waals surface area contributed by atoms with Crippen molar-refractivity contribution < 1.29 is 23.1 Å². The second kappa shape index (κ2) is 11.4. The summed E-state index contributed by atoms with van der Waals surface area (Å²) in [4.78, 5) is 24.0. The van der Waals surface area contributed by atoms with Gasteiger partial charge >= 0.3 is 5.97 Å². The van der Waals surface area contributed by atoms with Gasteiger partial charge in [-0.1, -0.05) is 66.2 Å². The lowest BCUT2D eigenvalue weighted by molar-refractivity contribution is -0.121. The highest BCUT2D eigenvalue weighted by Crippen LogP contribution is 2.17. The molecule has 0 bridgehead atoms. The number of amides is 1. The number of aromatic carboxylic acids is 1. The van der Waals surface area contributed by atoms with Gasteiger partial charge < -0.3 is 5.11 Å². The Bertz CT molecular complexity index is 1270. The number of nitrogens with one attached hydrogen (secondary N) is 1. The molecule has 176 valence electrons. The third-order valence-corrected chi connectivity index (χ3v) is 6.91. The highest BCUT2D eigenvalue weighted by atomic mass is 32.2. The summed E-state index contributed by atoms with van der Waals surface area (Å²) in [5.74, 6) is -1.77. The smallest absolute Gasteiger partial charge is 0.336 e. The molecule has 0 aliphatic carbocycles. The maximum absolute atomic E-state index is 13.3. The first-order valence-electron chi connectivity index (χ1n) is 10.5. The molecule has 0 saturated carbocycles. The van der Waals surface area contributed by atoms with Crippen molar-refractivity contribution in [3.63, 3.8) is 0 Å². The van der Waals surface area contributed by atoms with Crippen molar-refractivity contribution in [2.24, 2.45) is 5.10 Å². The van der Waals surface area contributed by atoms with E-state index in [4.69, 9.17) is 0 Å². The predicted molar refractivity (Wildman–Crippen MR) is 129 cm³/mol. The summed E-state index contributed by atoms with van der Waals surface area (Å²) < 4.78 is 27.6. The minimum absolute atomic E-state index is 0.0342. The molecule has 2 N–H and O–H groups in total. The van der Waals surface area contributed by atoms with Gasteiger partial charge in [0.05, 0.1) is 23.2 Å². The molecule has 9 heteroatoms. The number of carbonyl (C=O) groups is 2. The summed E-state index contributed by atoms with van der Waals surface area (Å²) in [5, 5.41) is 13.1. The molecule has 0 aliphatic heterocycles. The molecule has 0 atom stereocenters. The molecule has 8 nitrogen and oxygen atoms in total. The van der Waals surface area contributed by atoms with Gasteiger partial charge in [-0.2, -0.15) is 9.41 Å². The summed E-state index contributed by atoms with van der Waals surface area (Å²) in [6, 6.07) is 22.0. The maximum atomic E-state index is 13.3. The average Bonchev–Trinajstić information content (AvgIpc) is 2.82. The van der Waals surface area contributed by atoms with E-state index in [-0.39, 0.29) is 17.0 Å². The van der Waals surface area contributed by atoms with Gasteiger partial charge in [-0.25, -0.2) is 18.6 Å². The van der Waals surface area contributed by atoms with Crippen LogP contribution >= 0.6 is 0 Å². The standard InChI is InChI=1S/C25H25N3O5S/c1-19-11-13-22(14-12-19)34(32,33)28(16-15-20-7-3-2-4-8-20)18-24(29)27-26-17-21-9-5-6-10-23(21)25(30)31/h2-14,17H,15-16,18H2,1H3,(H,27,29)(H,30,31)/b26-17-. The second-order valence-electron chi connectivity index (χ2n) is 7.57. The molecule has 3 aromatic rings. The number of aryl methyl sites for hydroxylation is 1. The van der Waals surface area contributed by atoms with Crippen molar-refractivity contribution in [1.82, 2.24) is 9.73 Å². The van der Waals surface area contributed by atoms with Gasteiger partial charge in [0.2, 0.25) is 10.0 Å². The van der Waals surface area contributed by atoms with Crippen LogP contribution in [-0.4, -0.2) is 49.0 Å². The summed E-state index contributed by atoms with van der Waals surface area (Å²) in [5.41, 5.74) is 4.49. The predicted octanol–water partition coefficient (Wildman–Crippen LogP) is 3.08. The number of carboxylic acids is 1. The first kappa shape index (κ1) is 24.8. The summed E-state index contributed by atoms with van der Waals surface area (Å²) in [7, 11) is -3.94. The third-order valence-electron chi connectivity index (χ3n) is 5.06. The van der Waals surface area contributed by atoms with Gasteiger partial charge in [-0.05, 0) is 37.1 Å². The molecule has 0 radical (unpaired) electrons. The number of nitrogens with zero attached hydrogens (tertiary/aromatic N) is 2. The topological polar surface area (TPSA) is 116 Å². The fraction of sp³-hybridized carbons (Fsp3) is 0.160. The van der Waals surface area contributed by atoms with Crippen LogP contribution in [0.1, 0.15) is 27.0 Å². The van der Waals surface area contributed by atoms with Crippen LogP contribution in [-0.2, 0) is 21.2 Å². The largest absolute Gasteiger partial charge is 0.478 e. The molecule has 1 amide bonds. The zero-order chi connectivity index (χ0) is 24.6. The Hall–Kier alpha value is -3.82. The van der Waals surface area contributed by atoms with Crippen LogP contribution in [0.2, 0.25) is 0 Å². The third kappa shape index (κ3) is 6.60. The van der Waals surface area contributed by atoms with Crippen molar-refractivity contribution in [3.8, 4) is 0 Å². The van der Waals surface area contributed by atoms with Crippen molar-refractivity contribution in [2.45, 2.75) is 18.2 Å². The molecule has 3 aromatic carbocycles. The molecule has 34 heavy (non-hydrogen) atoms. The zero-order valence-corrected chi connectivity index (χ0v) is 19.4. The normalized spacial score (nSPS) is 11.6. The number of hydrogen-bond donors (Lipinski definition) is 2. The van der Waals surface area contributed by atoms with Crippen LogP contribution in [0.25, 0.3) is 0 Å². The van der Waals surface area contributed by atoms with Crippen LogP contribution < -0.4 is 5.43 Å². The maximum Gasteiger partial charge on any atom is 0.336 e. The monoisotopic (exact) mass is 479 g/mol. The molecule has 0 aliphatic rings. The van der Waals surface area contributed by atoms with Crippen LogP contribution in [0.15, 0.2) is 88.9 Å². The number of benzene rings is 3. The van der Waals surface area contributed by atoms with E-state index in [0.717, 1.165) is 15.4 Å². The van der Waals surface area contributed by atoms with E-state index in [9.17, 15) is 23.1 Å². The van der Waals surface area contributed by atoms with E-state index in [1.165, 1.54) is 24.4 Å². The highest BCUT2D eigenvalue weighted by molar-refractivity contribution is 7.89. The number of sulfonamides is 1. The summed E-state index contributed by atoms with van der Waals surface area (Å²) in [6.07, 6.45) is 1.64. The molecular weight excluding hydrogens is 454 g/mol. The lowest BCUT2D eigenvalue weighted by atomic mass is 10.1. The van der Waals surface area contributed by atoms with E-state index in [0.29, 0.717) is 12.0 Å². The van der Waals surface area contributed by atoms with Crippen molar-refractivity contribution in [3.05, 3.63) is 101 Å². The quantitative estimate of drug-likeness (QED) is 0.342. The Morgan fingerprint density at radius 3 is 2.29 bits per heavy atom. The average molecular weight is 480 g/mol. The zero-order valence-electron chi connectivity index (χ0n) is 18.6. The lowest BCUT2D eigenvalue weighted by Gasteiger charge is -2.21. The molecule has 0 heterocycles. The van der Waals surface area contributed by atoms with Crippen molar-refractivity contribution in [2.75, 3.05) is 13.1 Å².